The minimum atomic E-state index is -0.607. The van der Waals surface area contributed by atoms with E-state index in [1.165, 1.54) is 12.1 Å². The zero-order valence-electron chi connectivity index (χ0n) is 17.9. The van der Waals surface area contributed by atoms with Crippen molar-refractivity contribution in [2.24, 2.45) is 5.92 Å². The first-order chi connectivity index (χ1) is 14.4. The van der Waals surface area contributed by atoms with Gasteiger partial charge >= 0.3 is 0 Å². The molecule has 6 heteroatoms. The highest BCUT2D eigenvalue weighted by atomic mass is 19.1. The highest BCUT2D eigenvalue weighted by Crippen LogP contribution is 2.16. The van der Waals surface area contributed by atoms with Crippen molar-refractivity contribution in [3.05, 3.63) is 66.0 Å². The summed E-state index contributed by atoms with van der Waals surface area (Å²) in [6.07, 6.45) is 1.09. The van der Waals surface area contributed by atoms with Crippen LogP contribution in [0.4, 0.5) is 4.39 Å². The fourth-order valence-corrected chi connectivity index (χ4v) is 3.10. The van der Waals surface area contributed by atoms with Gasteiger partial charge in [0.1, 0.15) is 6.04 Å². The topological polar surface area (TPSA) is 58.6 Å². The first kappa shape index (κ1) is 23.4. The summed E-state index contributed by atoms with van der Waals surface area (Å²) in [5.74, 6) is -0.724. The third kappa shape index (κ3) is 7.17. The minimum Gasteiger partial charge on any atom is -0.481 e. The highest BCUT2D eigenvalue weighted by Gasteiger charge is 2.28. The molecule has 0 aromatic heterocycles. The van der Waals surface area contributed by atoms with Gasteiger partial charge < -0.3 is 15.0 Å². The lowest BCUT2D eigenvalue weighted by molar-refractivity contribution is -0.142. The lowest BCUT2D eigenvalue weighted by Crippen LogP contribution is -2.51. The van der Waals surface area contributed by atoms with Gasteiger partial charge in [-0.1, -0.05) is 63.2 Å². The van der Waals surface area contributed by atoms with Crippen LogP contribution in [0.1, 0.15) is 32.8 Å². The Balaban J connectivity index is 2.12. The second-order valence-corrected chi connectivity index (χ2v) is 7.60. The molecule has 2 amide bonds. The molecule has 0 bridgehead atoms. The molecule has 0 aliphatic rings. The van der Waals surface area contributed by atoms with Crippen LogP contribution in [0, 0.1) is 11.7 Å². The van der Waals surface area contributed by atoms with E-state index in [9.17, 15) is 14.0 Å². The molecule has 30 heavy (non-hydrogen) atoms. The standard InChI is InChI=1S/C24H31FN2O3/c1-4-21(24(29)26-16-18(2)3)27(15-14-19-10-6-5-7-11-19)23(28)17-30-22-13-9-8-12-20(22)25/h5-13,18,21H,4,14-17H2,1-3H3,(H,26,29). The number of ether oxygens (including phenoxy) is 1. The lowest BCUT2D eigenvalue weighted by Gasteiger charge is -2.30. The van der Waals surface area contributed by atoms with Gasteiger partial charge in [-0.3, -0.25) is 9.59 Å². The zero-order chi connectivity index (χ0) is 21.9. The van der Waals surface area contributed by atoms with Crippen molar-refractivity contribution >= 4 is 11.8 Å². The van der Waals surface area contributed by atoms with E-state index in [0.717, 1.165) is 5.56 Å². The average Bonchev–Trinajstić information content (AvgIpc) is 2.75. The quantitative estimate of drug-likeness (QED) is 0.608. The maximum absolute atomic E-state index is 13.8. The summed E-state index contributed by atoms with van der Waals surface area (Å²) in [6, 6.07) is 15.1. The van der Waals surface area contributed by atoms with Gasteiger partial charge in [-0.15, -0.1) is 0 Å². The zero-order valence-corrected chi connectivity index (χ0v) is 17.9. The predicted octanol–water partition coefficient (Wildman–Crippen LogP) is 3.83. The molecule has 0 spiro atoms. The van der Waals surface area contributed by atoms with Gasteiger partial charge in [0.15, 0.2) is 18.2 Å². The molecule has 0 saturated heterocycles. The van der Waals surface area contributed by atoms with Gasteiger partial charge in [0.25, 0.3) is 5.91 Å². The van der Waals surface area contributed by atoms with Crippen molar-refractivity contribution in [1.82, 2.24) is 10.2 Å². The first-order valence-corrected chi connectivity index (χ1v) is 10.4. The number of hydrogen-bond acceptors (Lipinski definition) is 3. The Labute approximate surface area is 178 Å². The fourth-order valence-electron chi connectivity index (χ4n) is 3.10. The van der Waals surface area contributed by atoms with Crippen LogP contribution in [-0.2, 0) is 16.0 Å². The van der Waals surface area contributed by atoms with E-state index in [0.29, 0.717) is 31.8 Å². The summed E-state index contributed by atoms with van der Waals surface area (Å²) in [6.45, 7) is 6.49. The van der Waals surface area contributed by atoms with Gasteiger partial charge in [0, 0.05) is 13.1 Å². The Hall–Kier alpha value is -2.89. The Bertz CT molecular complexity index is 811. The second kappa shape index (κ2) is 12.0. The summed E-state index contributed by atoms with van der Waals surface area (Å²) in [4.78, 5) is 27.3. The molecule has 2 aromatic carbocycles. The Morgan fingerprint density at radius 3 is 2.37 bits per heavy atom. The molecular formula is C24H31FN2O3. The SMILES string of the molecule is CCC(C(=O)NCC(C)C)N(CCc1ccccc1)C(=O)COc1ccccc1F. The van der Waals surface area contributed by atoms with Crippen molar-refractivity contribution in [3.8, 4) is 5.75 Å². The van der Waals surface area contributed by atoms with E-state index >= 15 is 0 Å². The summed E-state index contributed by atoms with van der Waals surface area (Å²) < 4.78 is 19.2. The first-order valence-electron chi connectivity index (χ1n) is 10.4. The fraction of sp³-hybridized carbons (Fsp3) is 0.417. The number of nitrogens with one attached hydrogen (secondary N) is 1. The van der Waals surface area contributed by atoms with E-state index in [1.54, 1.807) is 17.0 Å². The normalized spacial score (nSPS) is 11.8. The number of rotatable bonds is 11. The molecule has 2 aromatic rings. The number of hydrogen-bond donors (Lipinski definition) is 1. The number of carbonyl (C=O) groups excluding carboxylic acids is 2. The smallest absolute Gasteiger partial charge is 0.261 e. The van der Waals surface area contributed by atoms with Gasteiger partial charge in [-0.05, 0) is 36.5 Å². The molecule has 2 rings (SSSR count). The molecule has 162 valence electrons. The van der Waals surface area contributed by atoms with Crippen LogP contribution < -0.4 is 10.1 Å². The van der Waals surface area contributed by atoms with Crippen LogP contribution in [0.25, 0.3) is 0 Å². The van der Waals surface area contributed by atoms with E-state index < -0.39 is 11.9 Å². The predicted molar refractivity (Wildman–Crippen MR) is 116 cm³/mol. The molecule has 0 aliphatic carbocycles. The van der Waals surface area contributed by atoms with Gasteiger partial charge in [-0.25, -0.2) is 4.39 Å². The van der Waals surface area contributed by atoms with Crippen LogP contribution in [0.3, 0.4) is 0 Å². The molecule has 0 saturated carbocycles. The van der Waals surface area contributed by atoms with E-state index in [4.69, 9.17) is 4.74 Å². The molecule has 0 fully saturated rings. The number of amides is 2. The third-order valence-electron chi connectivity index (χ3n) is 4.74. The van der Waals surface area contributed by atoms with Crippen LogP contribution >= 0.6 is 0 Å². The summed E-state index contributed by atoms with van der Waals surface area (Å²) in [5, 5.41) is 2.92. The number of para-hydroxylation sites is 1. The van der Waals surface area contributed by atoms with Crippen molar-refractivity contribution in [3.63, 3.8) is 0 Å². The maximum atomic E-state index is 13.8. The Kier molecular flexibility index (Phi) is 9.32. The molecule has 1 N–H and O–H groups in total. The second-order valence-electron chi connectivity index (χ2n) is 7.60. The minimum absolute atomic E-state index is 0.0196. The maximum Gasteiger partial charge on any atom is 0.261 e. The largest absolute Gasteiger partial charge is 0.481 e. The average molecular weight is 415 g/mol. The summed E-state index contributed by atoms with van der Waals surface area (Å²) >= 11 is 0. The number of halogens is 1. The van der Waals surface area contributed by atoms with Crippen LogP contribution in [-0.4, -0.2) is 42.5 Å². The van der Waals surface area contributed by atoms with Gasteiger partial charge in [0.05, 0.1) is 0 Å². The van der Waals surface area contributed by atoms with Crippen molar-refractivity contribution < 1.29 is 18.7 Å². The van der Waals surface area contributed by atoms with E-state index in [2.05, 4.69) is 5.32 Å². The van der Waals surface area contributed by atoms with Crippen LogP contribution in [0.5, 0.6) is 5.75 Å². The number of benzene rings is 2. The van der Waals surface area contributed by atoms with E-state index in [1.807, 2.05) is 51.1 Å². The third-order valence-corrected chi connectivity index (χ3v) is 4.74. The highest BCUT2D eigenvalue weighted by molar-refractivity contribution is 5.88. The Morgan fingerprint density at radius 1 is 1.07 bits per heavy atom. The van der Waals surface area contributed by atoms with Crippen molar-refractivity contribution in [2.45, 2.75) is 39.7 Å². The summed E-state index contributed by atoms with van der Waals surface area (Å²) in [7, 11) is 0. The van der Waals surface area contributed by atoms with Crippen molar-refractivity contribution in [1.29, 1.82) is 0 Å². The van der Waals surface area contributed by atoms with Gasteiger partial charge in [0.2, 0.25) is 5.91 Å². The number of carbonyl (C=O) groups is 2. The van der Waals surface area contributed by atoms with Gasteiger partial charge in [-0.2, -0.15) is 0 Å². The Morgan fingerprint density at radius 2 is 1.73 bits per heavy atom. The summed E-state index contributed by atoms with van der Waals surface area (Å²) in [5.41, 5.74) is 1.07. The lowest BCUT2D eigenvalue weighted by atomic mass is 10.1. The van der Waals surface area contributed by atoms with Crippen molar-refractivity contribution in [2.75, 3.05) is 19.7 Å². The molecule has 0 radical (unpaired) electrons. The monoisotopic (exact) mass is 414 g/mol. The number of nitrogens with zero attached hydrogens (tertiary/aromatic N) is 1. The molecular weight excluding hydrogens is 383 g/mol. The molecule has 1 atom stereocenters. The van der Waals surface area contributed by atoms with Crippen LogP contribution in [0.2, 0.25) is 0 Å². The molecule has 5 nitrogen and oxygen atoms in total. The van der Waals surface area contributed by atoms with Crippen LogP contribution in [0.15, 0.2) is 54.6 Å². The molecule has 0 aliphatic heterocycles. The van der Waals surface area contributed by atoms with E-state index in [-0.39, 0.29) is 24.2 Å². The molecule has 1 unspecified atom stereocenters. The molecule has 0 heterocycles.